The summed E-state index contributed by atoms with van der Waals surface area (Å²) in [5.41, 5.74) is 0.0413. The topological polar surface area (TPSA) is 138 Å². The van der Waals surface area contributed by atoms with Gasteiger partial charge in [-0.15, -0.1) is 0 Å². The number of rotatable bonds is 11. The number of ether oxygens (including phenoxy) is 2. The van der Waals surface area contributed by atoms with Gasteiger partial charge in [0.15, 0.2) is 0 Å². The fourth-order valence-corrected chi connectivity index (χ4v) is 5.43. The summed E-state index contributed by atoms with van der Waals surface area (Å²) in [4.78, 5) is 57.8. The molecule has 228 valence electrons. The van der Waals surface area contributed by atoms with Crippen LogP contribution in [0.1, 0.15) is 77.3 Å². The van der Waals surface area contributed by atoms with Gasteiger partial charge in [0, 0.05) is 43.2 Å². The van der Waals surface area contributed by atoms with E-state index >= 15 is 0 Å². The van der Waals surface area contributed by atoms with Crippen LogP contribution in [-0.4, -0.2) is 86.6 Å². The third-order valence-corrected chi connectivity index (χ3v) is 7.80. The molecule has 0 aromatic carbocycles. The quantitative estimate of drug-likeness (QED) is 0.261. The maximum atomic E-state index is 13.2. The second-order valence-electron chi connectivity index (χ2n) is 11.8. The number of aromatic nitrogens is 1. The summed E-state index contributed by atoms with van der Waals surface area (Å²) in [5.74, 6) is -0.790. The molecule has 41 heavy (non-hydrogen) atoms. The summed E-state index contributed by atoms with van der Waals surface area (Å²) in [6.45, 7) is 8.24. The summed E-state index contributed by atoms with van der Waals surface area (Å²) < 4.78 is 11.9. The number of halogens is 1. The van der Waals surface area contributed by atoms with Crippen LogP contribution in [-0.2, 0) is 19.1 Å². The molecule has 2 atom stereocenters. The van der Waals surface area contributed by atoms with E-state index in [1.165, 1.54) is 0 Å². The molecule has 2 N–H and O–H groups in total. The minimum atomic E-state index is -1.04. The molecule has 2 fully saturated rings. The molecule has 0 bridgehead atoms. The Morgan fingerprint density at radius 1 is 1.12 bits per heavy atom. The van der Waals surface area contributed by atoms with Gasteiger partial charge in [0.2, 0.25) is 11.8 Å². The molecule has 0 spiro atoms. The summed E-state index contributed by atoms with van der Waals surface area (Å²) in [6.07, 6.45) is 6.70. The van der Waals surface area contributed by atoms with Gasteiger partial charge < -0.3 is 29.7 Å². The molecule has 2 aliphatic heterocycles. The standard InChI is InChI=1S/C29H43IN4O7/c1-29(2,3)41-28(39)33-12-8-20(9-13-33)6-7-25(35)34-11-4-5-21(19-34)27(38)32-24(16-26(36)37)22-15-23(18-31-17-22)40-14-10-30/h15,17-18,20-21,24H,4-14,16,19H2,1-3H3,(H,32,38)(H,36,37)/t21-,24?/m1/s1. The van der Waals surface area contributed by atoms with Crippen LogP contribution in [0.15, 0.2) is 18.5 Å². The molecule has 0 radical (unpaired) electrons. The molecule has 1 aromatic heterocycles. The second kappa shape index (κ2) is 15.5. The number of hydrogen-bond donors (Lipinski definition) is 2. The van der Waals surface area contributed by atoms with Gasteiger partial charge in [0.1, 0.15) is 11.4 Å². The van der Waals surface area contributed by atoms with Gasteiger partial charge in [-0.3, -0.25) is 19.4 Å². The van der Waals surface area contributed by atoms with Crippen LogP contribution in [0.5, 0.6) is 5.75 Å². The van der Waals surface area contributed by atoms with Crippen molar-refractivity contribution in [2.75, 3.05) is 37.2 Å². The average Bonchev–Trinajstić information content (AvgIpc) is 2.93. The highest BCUT2D eigenvalue weighted by molar-refractivity contribution is 14.1. The first-order valence-corrected chi connectivity index (χ1v) is 15.9. The number of amides is 3. The zero-order chi connectivity index (χ0) is 30.0. The lowest BCUT2D eigenvalue weighted by atomic mass is 9.91. The fraction of sp³-hybridized carbons (Fsp3) is 0.690. The van der Waals surface area contributed by atoms with Crippen LogP contribution < -0.4 is 10.1 Å². The zero-order valence-electron chi connectivity index (χ0n) is 24.3. The van der Waals surface area contributed by atoms with E-state index in [0.29, 0.717) is 69.3 Å². The number of carbonyl (C=O) groups is 4. The first-order chi connectivity index (χ1) is 19.4. The number of hydrogen-bond acceptors (Lipinski definition) is 7. The minimum Gasteiger partial charge on any atom is -0.491 e. The number of nitrogens with zero attached hydrogens (tertiary/aromatic N) is 3. The third kappa shape index (κ3) is 10.9. The normalized spacial score (nSPS) is 18.9. The van der Waals surface area contributed by atoms with Crippen LogP contribution in [0.25, 0.3) is 0 Å². The molecule has 1 aromatic rings. The van der Waals surface area contributed by atoms with Crippen molar-refractivity contribution < 1.29 is 33.8 Å². The van der Waals surface area contributed by atoms with Gasteiger partial charge in [-0.25, -0.2) is 4.79 Å². The predicted octanol–water partition coefficient (Wildman–Crippen LogP) is 4.19. The van der Waals surface area contributed by atoms with Gasteiger partial charge in [0.05, 0.1) is 31.2 Å². The largest absolute Gasteiger partial charge is 0.491 e. The van der Waals surface area contributed by atoms with E-state index in [1.54, 1.807) is 28.3 Å². The maximum absolute atomic E-state index is 13.2. The number of aliphatic carboxylic acids is 1. The van der Waals surface area contributed by atoms with Crippen molar-refractivity contribution in [3.8, 4) is 5.75 Å². The van der Waals surface area contributed by atoms with Crippen molar-refractivity contribution in [2.45, 2.75) is 77.4 Å². The highest BCUT2D eigenvalue weighted by Crippen LogP contribution is 2.26. The zero-order valence-corrected chi connectivity index (χ0v) is 26.4. The molecule has 0 aliphatic carbocycles. The molecule has 12 heteroatoms. The lowest BCUT2D eigenvalue weighted by molar-refractivity contribution is -0.138. The van der Waals surface area contributed by atoms with E-state index in [2.05, 4.69) is 32.9 Å². The van der Waals surface area contributed by atoms with Gasteiger partial charge in [-0.05, 0) is 70.4 Å². The Kier molecular flexibility index (Phi) is 12.5. The Morgan fingerprint density at radius 3 is 2.51 bits per heavy atom. The Hall–Kier alpha value is -2.64. The monoisotopic (exact) mass is 686 g/mol. The van der Waals surface area contributed by atoms with Gasteiger partial charge in [0.25, 0.3) is 0 Å². The Labute approximate surface area is 255 Å². The van der Waals surface area contributed by atoms with E-state index in [0.717, 1.165) is 23.7 Å². The van der Waals surface area contributed by atoms with Crippen molar-refractivity contribution >= 4 is 46.5 Å². The van der Waals surface area contributed by atoms with Crippen molar-refractivity contribution in [1.29, 1.82) is 0 Å². The Bertz CT molecular complexity index is 1060. The number of carboxylic acids is 1. The van der Waals surface area contributed by atoms with Gasteiger partial charge in [-0.1, -0.05) is 22.6 Å². The summed E-state index contributed by atoms with van der Waals surface area (Å²) in [5, 5.41) is 12.4. The first-order valence-electron chi connectivity index (χ1n) is 14.4. The van der Waals surface area contributed by atoms with E-state index in [9.17, 15) is 24.3 Å². The fourth-order valence-electron chi connectivity index (χ4n) is 5.21. The number of nitrogens with one attached hydrogen (secondary N) is 1. The predicted molar refractivity (Wildman–Crippen MR) is 161 cm³/mol. The van der Waals surface area contributed by atoms with Crippen molar-refractivity contribution in [1.82, 2.24) is 20.1 Å². The maximum Gasteiger partial charge on any atom is 0.410 e. The van der Waals surface area contributed by atoms with Crippen LogP contribution in [0.4, 0.5) is 4.79 Å². The van der Waals surface area contributed by atoms with Crippen LogP contribution in [0, 0.1) is 11.8 Å². The molecule has 2 aliphatic rings. The highest BCUT2D eigenvalue weighted by atomic mass is 127. The number of pyridine rings is 1. The first kappa shape index (κ1) is 32.9. The molecule has 3 rings (SSSR count). The van der Waals surface area contributed by atoms with Crippen LogP contribution in [0.3, 0.4) is 0 Å². The number of carboxylic acid groups (broad SMARTS) is 1. The van der Waals surface area contributed by atoms with Gasteiger partial charge >= 0.3 is 12.1 Å². The van der Waals surface area contributed by atoms with Crippen LogP contribution in [0.2, 0.25) is 0 Å². The number of alkyl halides is 1. The minimum absolute atomic E-state index is 0.0310. The van der Waals surface area contributed by atoms with Crippen molar-refractivity contribution in [3.05, 3.63) is 24.0 Å². The Balaban J connectivity index is 1.49. The molecular formula is C29H43IN4O7. The number of carbonyl (C=O) groups excluding carboxylic acids is 3. The van der Waals surface area contributed by atoms with E-state index in [4.69, 9.17) is 9.47 Å². The summed E-state index contributed by atoms with van der Waals surface area (Å²) in [6, 6.07) is 0.954. The SMILES string of the molecule is CC(C)(C)OC(=O)N1CCC(CCC(=O)N2CCC[C@@H](C(=O)NC(CC(=O)O)c3cncc(OCCI)c3)C2)CC1. The lowest BCUT2D eigenvalue weighted by Crippen LogP contribution is -2.46. The second-order valence-corrected chi connectivity index (χ2v) is 12.9. The number of likely N-dealkylation sites (tertiary alicyclic amines) is 2. The molecule has 1 unspecified atom stereocenters. The van der Waals surface area contributed by atoms with Gasteiger partial charge in [-0.2, -0.15) is 0 Å². The Morgan fingerprint density at radius 2 is 1.85 bits per heavy atom. The summed E-state index contributed by atoms with van der Waals surface area (Å²) in [7, 11) is 0. The summed E-state index contributed by atoms with van der Waals surface area (Å²) >= 11 is 2.20. The molecule has 2 saturated heterocycles. The smallest absolute Gasteiger partial charge is 0.410 e. The highest BCUT2D eigenvalue weighted by Gasteiger charge is 2.32. The average molecular weight is 687 g/mol. The third-order valence-electron chi connectivity index (χ3n) is 7.36. The van der Waals surface area contributed by atoms with Crippen LogP contribution >= 0.6 is 22.6 Å². The number of piperidine rings is 2. The molecule has 3 amide bonds. The van der Waals surface area contributed by atoms with Crippen molar-refractivity contribution in [2.24, 2.45) is 11.8 Å². The van der Waals surface area contributed by atoms with Crippen molar-refractivity contribution in [3.63, 3.8) is 0 Å². The lowest BCUT2D eigenvalue weighted by Gasteiger charge is -2.35. The van der Waals surface area contributed by atoms with E-state index in [1.807, 2.05) is 20.8 Å². The van der Waals surface area contributed by atoms with E-state index < -0.39 is 23.5 Å². The molecular weight excluding hydrogens is 643 g/mol. The van der Waals surface area contributed by atoms with E-state index in [-0.39, 0.29) is 24.3 Å². The molecule has 3 heterocycles. The molecule has 11 nitrogen and oxygen atoms in total. The molecule has 0 saturated carbocycles.